The summed E-state index contributed by atoms with van der Waals surface area (Å²) in [5.41, 5.74) is 4.18. The van der Waals surface area contributed by atoms with Gasteiger partial charge in [-0.15, -0.1) is 0 Å². The van der Waals surface area contributed by atoms with Gasteiger partial charge in [0.25, 0.3) is 0 Å². The first kappa shape index (κ1) is 30.1. The van der Waals surface area contributed by atoms with Gasteiger partial charge in [0, 0.05) is 31.8 Å². The number of hydrogen-bond acceptors (Lipinski definition) is 6. The van der Waals surface area contributed by atoms with Crippen molar-refractivity contribution in [3.05, 3.63) is 77.4 Å². The number of hydrogen-bond donors (Lipinski definition) is 2. The molecule has 0 amide bonds. The largest absolute Gasteiger partial charge is 0.490 e. The number of carboxylic acid groups (broad SMARTS) is 2. The van der Waals surface area contributed by atoms with Gasteiger partial charge in [-0.3, -0.25) is 9.48 Å². The zero-order valence-electron chi connectivity index (χ0n) is 22.6. The van der Waals surface area contributed by atoms with Crippen molar-refractivity contribution in [3.8, 4) is 11.8 Å². The molecule has 42 heavy (non-hydrogen) atoms. The number of ether oxygens (including phenoxy) is 1. The molecular formula is C29H28F3N5O5. The van der Waals surface area contributed by atoms with E-state index < -0.39 is 24.0 Å². The topological polar surface area (TPSA) is 143 Å². The zero-order valence-corrected chi connectivity index (χ0v) is 22.6. The Kier molecular flexibility index (Phi) is 9.15. The minimum absolute atomic E-state index is 0.148. The minimum atomic E-state index is -5.08. The second kappa shape index (κ2) is 12.8. The molecule has 0 spiro atoms. The molecule has 1 saturated carbocycles. The van der Waals surface area contributed by atoms with E-state index in [1.54, 1.807) is 16.8 Å². The van der Waals surface area contributed by atoms with Crippen LogP contribution in [0, 0.1) is 17.2 Å². The second-order valence-corrected chi connectivity index (χ2v) is 9.92. The van der Waals surface area contributed by atoms with Crippen LogP contribution in [0.1, 0.15) is 54.2 Å². The molecule has 0 unspecified atom stereocenters. The molecule has 1 fully saturated rings. The number of rotatable bonds is 7. The number of nitriles is 1. The fraction of sp³-hybridized carbons (Fsp3) is 0.345. The molecule has 1 aliphatic rings. The van der Waals surface area contributed by atoms with Gasteiger partial charge in [-0.25, -0.2) is 9.78 Å². The van der Waals surface area contributed by atoms with Crippen molar-refractivity contribution in [2.75, 3.05) is 0 Å². The van der Waals surface area contributed by atoms with E-state index in [9.17, 15) is 23.1 Å². The summed E-state index contributed by atoms with van der Waals surface area (Å²) in [6.07, 6.45) is 0.181. The summed E-state index contributed by atoms with van der Waals surface area (Å²) in [6.45, 7) is 0.886. The lowest BCUT2D eigenvalue weighted by molar-refractivity contribution is -0.192. The molecule has 0 radical (unpaired) electrons. The van der Waals surface area contributed by atoms with E-state index in [4.69, 9.17) is 24.9 Å². The Labute approximate surface area is 238 Å². The molecular weight excluding hydrogens is 555 g/mol. The highest BCUT2D eigenvalue weighted by Crippen LogP contribution is 2.39. The molecule has 220 valence electrons. The first-order valence-electron chi connectivity index (χ1n) is 13.1. The molecule has 2 aromatic heterocycles. The highest BCUT2D eigenvalue weighted by molar-refractivity contribution is 5.79. The first-order valence-corrected chi connectivity index (χ1v) is 13.1. The Hall–Kier alpha value is -4.86. The van der Waals surface area contributed by atoms with Gasteiger partial charge < -0.3 is 19.5 Å². The highest BCUT2D eigenvalue weighted by Gasteiger charge is 2.38. The van der Waals surface area contributed by atoms with Crippen molar-refractivity contribution in [1.29, 1.82) is 5.26 Å². The van der Waals surface area contributed by atoms with E-state index in [0.717, 1.165) is 47.4 Å². The molecule has 13 heteroatoms. The minimum Gasteiger partial charge on any atom is -0.487 e. The van der Waals surface area contributed by atoms with E-state index in [1.165, 1.54) is 0 Å². The number of aromatic nitrogens is 4. The molecule has 10 nitrogen and oxygen atoms in total. The number of alkyl halides is 3. The quantitative estimate of drug-likeness (QED) is 0.300. The lowest BCUT2D eigenvalue weighted by Crippen LogP contribution is -2.27. The Bertz CT molecular complexity index is 1600. The number of fused-ring (bicyclic) bond motifs is 1. The van der Waals surface area contributed by atoms with E-state index in [0.29, 0.717) is 30.9 Å². The number of nitrogens with zero attached hydrogens (tertiary/aromatic N) is 5. The Morgan fingerprint density at radius 3 is 2.38 bits per heavy atom. The first-order chi connectivity index (χ1) is 20.0. The maximum absolute atomic E-state index is 12.1. The van der Waals surface area contributed by atoms with Crippen LogP contribution in [-0.4, -0.2) is 47.7 Å². The average molecular weight is 584 g/mol. The molecule has 2 heterocycles. The summed E-state index contributed by atoms with van der Waals surface area (Å²) in [4.78, 5) is 25.9. The number of aliphatic carboxylic acids is 2. The van der Waals surface area contributed by atoms with Crippen molar-refractivity contribution in [2.24, 2.45) is 13.0 Å². The summed E-state index contributed by atoms with van der Waals surface area (Å²) >= 11 is 0. The van der Waals surface area contributed by atoms with Gasteiger partial charge in [-0.1, -0.05) is 25.0 Å². The SMILES string of the molecule is Cn1ccc(COc2ccc3nc([C@@H]4CCCC[C@H]4C(=O)O)n(Cc4ccc(C#N)cc4)c3c2)n1.O=C(O)C(F)(F)F. The molecule has 0 saturated heterocycles. The van der Waals surface area contributed by atoms with Gasteiger partial charge in [0.15, 0.2) is 0 Å². The summed E-state index contributed by atoms with van der Waals surface area (Å²) in [5, 5.41) is 30.5. The lowest BCUT2D eigenvalue weighted by Gasteiger charge is -2.28. The molecule has 2 N–H and O–H groups in total. The third kappa shape index (κ3) is 7.25. The number of benzene rings is 2. The fourth-order valence-electron chi connectivity index (χ4n) is 4.96. The van der Waals surface area contributed by atoms with E-state index >= 15 is 0 Å². The summed E-state index contributed by atoms with van der Waals surface area (Å²) in [7, 11) is 1.87. The van der Waals surface area contributed by atoms with Gasteiger partial charge in [0.05, 0.1) is 34.3 Å². The monoisotopic (exact) mass is 583 g/mol. The van der Waals surface area contributed by atoms with Crippen molar-refractivity contribution >= 4 is 23.0 Å². The summed E-state index contributed by atoms with van der Waals surface area (Å²) in [5.74, 6) is -2.60. The maximum Gasteiger partial charge on any atom is 0.490 e. The standard InChI is InChI=1S/C27H27N5O3.C2HF3O2/c1-31-13-12-20(30-31)17-35-21-10-11-24-25(14-21)32(16-19-8-6-18(15-28)7-9-19)26(29-24)22-4-2-3-5-23(22)27(33)34;3-2(4,5)1(6)7/h6-14,22-23H,2-5,16-17H2,1H3,(H,33,34);(H,6,7)/t22-,23-;/m1./s1. The van der Waals surface area contributed by atoms with Gasteiger partial charge in [-0.2, -0.15) is 23.5 Å². The number of aryl methyl sites for hydroxylation is 1. The number of imidazole rings is 1. The Morgan fingerprint density at radius 1 is 1.10 bits per heavy atom. The third-order valence-electron chi connectivity index (χ3n) is 6.99. The van der Waals surface area contributed by atoms with Gasteiger partial charge >= 0.3 is 18.1 Å². The fourth-order valence-corrected chi connectivity index (χ4v) is 4.96. The van der Waals surface area contributed by atoms with E-state index in [-0.39, 0.29) is 5.92 Å². The summed E-state index contributed by atoms with van der Waals surface area (Å²) < 4.78 is 41.6. The van der Waals surface area contributed by atoms with Crippen LogP contribution in [0.25, 0.3) is 11.0 Å². The Balaban J connectivity index is 0.000000517. The van der Waals surface area contributed by atoms with Gasteiger partial charge in [0.2, 0.25) is 0 Å². The van der Waals surface area contributed by atoms with Crippen LogP contribution in [-0.2, 0) is 29.8 Å². The van der Waals surface area contributed by atoms with Crippen molar-refractivity contribution in [1.82, 2.24) is 19.3 Å². The van der Waals surface area contributed by atoms with Crippen LogP contribution in [0.2, 0.25) is 0 Å². The predicted octanol–water partition coefficient (Wildman–Crippen LogP) is 5.26. The van der Waals surface area contributed by atoms with E-state index in [1.807, 2.05) is 49.6 Å². The predicted molar refractivity (Wildman–Crippen MR) is 144 cm³/mol. The lowest BCUT2D eigenvalue weighted by atomic mass is 9.78. The van der Waals surface area contributed by atoms with E-state index in [2.05, 4.69) is 15.7 Å². The number of carboxylic acids is 2. The maximum atomic E-state index is 12.1. The molecule has 4 aromatic rings. The molecule has 0 aliphatic heterocycles. The number of halogens is 3. The number of carbonyl (C=O) groups is 2. The molecule has 5 rings (SSSR count). The highest BCUT2D eigenvalue weighted by atomic mass is 19.4. The van der Waals surface area contributed by atoms with Crippen molar-refractivity contribution in [2.45, 2.75) is 50.9 Å². The van der Waals surface area contributed by atoms with Gasteiger partial charge in [-0.05, 0) is 48.7 Å². The van der Waals surface area contributed by atoms with Crippen LogP contribution < -0.4 is 4.74 Å². The van der Waals surface area contributed by atoms with Crippen LogP contribution in [0.4, 0.5) is 13.2 Å². The van der Waals surface area contributed by atoms with Crippen LogP contribution in [0.3, 0.4) is 0 Å². The summed E-state index contributed by atoms with van der Waals surface area (Å²) in [6, 6.07) is 17.3. The van der Waals surface area contributed by atoms with Crippen molar-refractivity contribution in [3.63, 3.8) is 0 Å². The van der Waals surface area contributed by atoms with Crippen LogP contribution >= 0.6 is 0 Å². The average Bonchev–Trinajstić information content (AvgIpc) is 3.54. The molecule has 1 aliphatic carbocycles. The smallest absolute Gasteiger partial charge is 0.487 e. The third-order valence-corrected chi connectivity index (χ3v) is 6.99. The molecule has 2 atom stereocenters. The zero-order chi connectivity index (χ0) is 30.4. The van der Waals surface area contributed by atoms with Gasteiger partial charge in [0.1, 0.15) is 18.2 Å². The molecule has 2 aromatic carbocycles. The van der Waals surface area contributed by atoms with Crippen LogP contribution in [0.5, 0.6) is 5.75 Å². The van der Waals surface area contributed by atoms with Crippen LogP contribution in [0.15, 0.2) is 54.7 Å². The Morgan fingerprint density at radius 2 is 1.79 bits per heavy atom. The molecule has 0 bridgehead atoms. The van der Waals surface area contributed by atoms with Crippen molar-refractivity contribution < 1.29 is 37.7 Å². The second-order valence-electron chi connectivity index (χ2n) is 9.92. The normalized spacial score (nSPS) is 16.7.